The van der Waals surface area contributed by atoms with E-state index in [0.29, 0.717) is 10.0 Å². The number of carbonyl (C=O) groups is 2. The molecule has 2 aromatic rings. The molecule has 3 rings (SSSR count). The van der Waals surface area contributed by atoms with Gasteiger partial charge in [0.2, 0.25) is 0 Å². The minimum absolute atomic E-state index is 0.141. The first-order valence-corrected chi connectivity index (χ1v) is 9.07. The van der Waals surface area contributed by atoms with Crippen molar-refractivity contribution in [1.82, 2.24) is 4.90 Å². The molecule has 1 N–H and O–H groups in total. The number of rotatable bonds is 4. The van der Waals surface area contributed by atoms with Crippen molar-refractivity contribution in [2.45, 2.75) is 6.54 Å². The highest BCUT2D eigenvalue weighted by Gasteiger charge is 2.35. The van der Waals surface area contributed by atoms with Gasteiger partial charge in [-0.25, -0.2) is 4.39 Å². The quantitative estimate of drug-likeness (QED) is 0.711. The lowest BCUT2D eigenvalue weighted by Crippen LogP contribution is -2.27. The molecule has 1 fully saturated rings. The fraction of sp³-hybridized carbons (Fsp3) is 0.111. The summed E-state index contributed by atoms with van der Waals surface area (Å²) in [6.07, 6.45) is 1.41. The van der Waals surface area contributed by atoms with E-state index in [1.807, 2.05) is 0 Å². The van der Waals surface area contributed by atoms with Crippen LogP contribution in [-0.4, -0.2) is 28.3 Å². The molecule has 0 unspecified atom stereocenters. The van der Waals surface area contributed by atoms with Crippen LogP contribution in [-0.2, 0) is 11.3 Å². The third-order valence-electron chi connectivity index (χ3n) is 3.74. The predicted octanol–water partition coefficient (Wildman–Crippen LogP) is 4.54. The van der Waals surface area contributed by atoms with Gasteiger partial charge in [0.05, 0.1) is 18.6 Å². The molecule has 2 aromatic carbocycles. The maximum Gasteiger partial charge on any atom is 0.293 e. The van der Waals surface area contributed by atoms with Gasteiger partial charge in [-0.05, 0) is 36.0 Å². The molecule has 0 atom stereocenters. The van der Waals surface area contributed by atoms with E-state index in [9.17, 15) is 19.1 Å². The number of phenols is 1. The van der Waals surface area contributed by atoms with E-state index in [4.69, 9.17) is 4.74 Å². The number of carbonyl (C=O) groups excluding carboxylic acids is 2. The summed E-state index contributed by atoms with van der Waals surface area (Å²) in [4.78, 5) is 25.9. The number of benzene rings is 2. The number of imide groups is 1. The number of phenolic OH excluding ortho intramolecular Hbond substituents is 1. The van der Waals surface area contributed by atoms with Crippen LogP contribution >= 0.6 is 27.7 Å². The van der Waals surface area contributed by atoms with E-state index in [2.05, 4.69) is 15.9 Å². The van der Waals surface area contributed by atoms with Gasteiger partial charge in [0, 0.05) is 15.6 Å². The van der Waals surface area contributed by atoms with E-state index in [1.54, 1.807) is 18.2 Å². The number of hydrogen-bond acceptors (Lipinski definition) is 5. The third-order valence-corrected chi connectivity index (χ3v) is 5.10. The molecular formula is C18H13BrFNO4S. The van der Waals surface area contributed by atoms with Crippen molar-refractivity contribution < 1.29 is 23.8 Å². The van der Waals surface area contributed by atoms with Crippen LogP contribution in [0.25, 0.3) is 6.08 Å². The average Bonchev–Trinajstić information content (AvgIpc) is 2.87. The fourth-order valence-corrected chi connectivity index (χ4v) is 3.72. The van der Waals surface area contributed by atoms with Crippen molar-refractivity contribution >= 4 is 44.9 Å². The Hall–Kier alpha value is -2.32. The van der Waals surface area contributed by atoms with Crippen molar-refractivity contribution in [3.63, 3.8) is 0 Å². The Balaban J connectivity index is 1.91. The highest BCUT2D eigenvalue weighted by molar-refractivity contribution is 9.10. The molecule has 2 amide bonds. The highest BCUT2D eigenvalue weighted by Crippen LogP contribution is 2.39. The lowest BCUT2D eigenvalue weighted by atomic mass is 10.1. The number of thioether (sulfide) groups is 1. The smallest absolute Gasteiger partial charge is 0.293 e. The van der Waals surface area contributed by atoms with Crippen LogP contribution in [0.15, 0.2) is 45.8 Å². The fourth-order valence-electron chi connectivity index (χ4n) is 2.43. The number of ether oxygens (including phenoxy) is 1. The molecule has 134 valence electrons. The predicted molar refractivity (Wildman–Crippen MR) is 100 cm³/mol. The first kappa shape index (κ1) is 18.5. The summed E-state index contributed by atoms with van der Waals surface area (Å²) < 4.78 is 19.5. The summed E-state index contributed by atoms with van der Waals surface area (Å²) in [7, 11) is 1.41. The summed E-state index contributed by atoms with van der Waals surface area (Å²) in [6, 6.07) is 9.15. The van der Waals surface area contributed by atoms with E-state index in [-0.39, 0.29) is 28.5 Å². The minimum atomic E-state index is -0.540. The van der Waals surface area contributed by atoms with Crippen LogP contribution in [0.3, 0.4) is 0 Å². The maximum absolute atomic E-state index is 13.8. The highest BCUT2D eigenvalue weighted by atomic mass is 79.9. The van der Waals surface area contributed by atoms with Crippen molar-refractivity contribution in [2.75, 3.05) is 7.11 Å². The Morgan fingerprint density at radius 3 is 2.73 bits per heavy atom. The molecule has 0 aromatic heterocycles. The molecule has 1 saturated heterocycles. The molecule has 0 radical (unpaired) electrons. The largest absolute Gasteiger partial charge is 0.504 e. The van der Waals surface area contributed by atoms with Gasteiger partial charge >= 0.3 is 0 Å². The van der Waals surface area contributed by atoms with Crippen LogP contribution in [0.4, 0.5) is 9.18 Å². The number of hydrogen-bond donors (Lipinski definition) is 1. The molecule has 1 aliphatic heterocycles. The molecule has 26 heavy (non-hydrogen) atoms. The second-order valence-electron chi connectivity index (χ2n) is 5.41. The lowest BCUT2D eigenvalue weighted by Gasteiger charge is -2.13. The van der Waals surface area contributed by atoms with Crippen molar-refractivity contribution in [1.29, 1.82) is 0 Å². The van der Waals surface area contributed by atoms with Gasteiger partial charge in [-0.3, -0.25) is 14.5 Å². The standard InChI is InChI=1S/C18H13BrFNO4S/c1-25-14-8-12(19)6-11(16(14)22)7-15-17(23)21(18(24)26-15)9-10-4-2-3-5-13(10)20/h2-8,22H,9H2,1H3/b15-7-. The Kier molecular flexibility index (Phi) is 5.33. The molecule has 0 bridgehead atoms. The topological polar surface area (TPSA) is 66.8 Å². The molecule has 0 aliphatic carbocycles. The van der Waals surface area contributed by atoms with Gasteiger partial charge < -0.3 is 9.84 Å². The van der Waals surface area contributed by atoms with Crippen molar-refractivity contribution in [3.8, 4) is 11.5 Å². The van der Waals surface area contributed by atoms with Gasteiger partial charge in [0.25, 0.3) is 11.1 Å². The number of aromatic hydroxyl groups is 1. The first-order chi connectivity index (χ1) is 12.4. The average molecular weight is 438 g/mol. The number of nitrogens with zero attached hydrogens (tertiary/aromatic N) is 1. The van der Waals surface area contributed by atoms with Crippen LogP contribution in [0.5, 0.6) is 11.5 Å². The molecule has 8 heteroatoms. The summed E-state index contributed by atoms with van der Waals surface area (Å²) in [5.41, 5.74) is 0.579. The van der Waals surface area contributed by atoms with E-state index in [1.165, 1.54) is 31.4 Å². The minimum Gasteiger partial charge on any atom is -0.504 e. The molecule has 5 nitrogen and oxygen atoms in total. The monoisotopic (exact) mass is 437 g/mol. The summed E-state index contributed by atoms with van der Waals surface area (Å²) >= 11 is 4.04. The summed E-state index contributed by atoms with van der Waals surface area (Å²) in [5.74, 6) is -0.931. The SMILES string of the molecule is COc1cc(Br)cc(/C=C2\SC(=O)N(Cc3ccccc3F)C2=O)c1O. The van der Waals surface area contributed by atoms with Crippen LogP contribution in [0.2, 0.25) is 0 Å². The second kappa shape index (κ2) is 7.51. The zero-order chi connectivity index (χ0) is 18.8. The van der Waals surface area contributed by atoms with E-state index >= 15 is 0 Å². The van der Waals surface area contributed by atoms with Gasteiger partial charge in [-0.15, -0.1) is 0 Å². The third kappa shape index (κ3) is 3.61. The zero-order valence-corrected chi connectivity index (χ0v) is 15.9. The zero-order valence-electron chi connectivity index (χ0n) is 13.5. The Morgan fingerprint density at radius 1 is 1.31 bits per heavy atom. The van der Waals surface area contributed by atoms with Crippen molar-refractivity contribution in [2.24, 2.45) is 0 Å². The van der Waals surface area contributed by atoms with Crippen LogP contribution in [0.1, 0.15) is 11.1 Å². The van der Waals surface area contributed by atoms with Crippen LogP contribution < -0.4 is 4.74 Å². The molecule has 0 spiro atoms. The normalized spacial score (nSPS) is 15.8. The van der Waals surface area contributed by atoms with Crippen molar-refractivity contribution in [3.05, 3.63) is 62.7 Å². The van der Waals surface area contributed by atoms with E-state index < -0.39 is 17.0 Å². The van der Waals surface area contributed by atoms with Crippen LogP contribution in [0, 0.1) is 5.82 Å². The lowest BCUT2D eigenvalue weighted by molar-refractivity contribution is -0.123. The van der Waals surface area contributed by atoms with Gasteiger partial charge in [-0.2, -0.15) is 0 Å². The number of methoxy groups -OCH3 is 1. The Morgan fingerprint density at radius 2 is 2.04 bits per heavy atom. The van der Waals surface area contributed by atoms with Gasteiger partial charge in [0.1, 0.15) is 5.82 Å². The Labute approximate surface area is 161 Å². The summed E-state index contributed by atoms with van der Waals surface area (Å²) in [6.45, 7) is -0.150. The first-order valence-electron chi connectivity index (χ1n) is 7.46. The molecule has 1 heterocycles. The summed E-state index contributed by atoms with van der Waals surface area (Å²) in [5, 5.41) is 9.71. The Bertz CT molecular complexity index is 931. The molecular weight excluding hydrogens is 425 g/mol. The number of amides is 2. The maximum atomic E-state index is 13.8. The number of halogens is 2. The molecule has 0 saturated carbocycles. The van der Waals surface area contributed by atoms with E-state index in [0.717, 1.165) is 16.7 Å². The molecule has 1 aliphatic rings. The van der Waals surface area contributed by atoms with Gasteiger partial charge in [-0.1, -0.05) is 34.1 Å². The van der Waals surface area contributed by atoms with Gasteiger partial charge in [0.15, 0.2) is 11.5 Å². The second-order valence-corrected chi connectivity index (χ2v) is 7.31.